The molecule has 0 aliphatic rings. The fourth-order valence-corrected chi connectivity index (χ4v) is 2.01. The van der Waals surface area contributed by atoms with Crippen molar-refractivity contribution in [1.29, 1.82) is 0 Å². The van der Waals surface area contributed by atoms with Crippen LogP contribution in [0.15, 0.2) is 10.9 Å². The zero-order chi connectivity index (χ0) is 14.5. The van der Waals surface area contributed by atoms with E-state index in [0.29, 0.717) is 23.9 Å². The average Bonchev–Trinajstić information content (AvgIpc) is 2.79. The number of rotatable bonds is 7. The Labute approximate surface area is 116 Å². The third-order valence-corrected chi connectivity index (χ3v) is 3.22. The second kappa shape index (κ2) is 6.31. The Bertz CT molecular complexity index is 596. The van der Waals surface area contributed by atoms with Gasteiger partial charge in [-0.1, -0.05) is 12.1 Å². The first-order valence-electron chi connectivity index (χ1n) is 6.60. The van der Waals surface area contributed by atoms with Gasteiger partial charge in [-0.15, -0.1) is 0 Å². The highest BCUT2D eigenvalue weighted by Gasteiger charge is 2.12. The fraction of sp³-hybridized carbons (Fsp3) is 0.538. The Kier molecular flexibility index (Phi) is 4.49. The summed E-state index contributed by atoms with van der Waals surface area (Å²) in [5.41, 5.74) is 1.22. The van der Waals surface area contributed by atoms with Gasteiger partial charge in [-0.25, -0.2) is 4.98 Å². The molecule has 0 aromatic carbocycles. The van der Waals surface area contributed by atoms with Crippen molar-refractivity contribution in [2.45, 2.75) is 33.1 Å². The van der Waals surface area contributed by atoms with Gasteiger partial charge in [0.25, 0.3) is 5.71 Å². The van der Waals surface area contributed by atoms with Crippen molar-refractivity contribution in [3.63, 3.8) is 0 Å². The number of carbonyl (C=O) groups is 1. The van der Waals surface area contributed by atoms with E-state index in [0.717, 1.165) is 24.0 Å². The van der Waals surface area contributed by atoms with Crippen LogP contribution in [0.2, 0.25) is 0 Å². The van der Waals surface area contributed by atoms with Crippen molar-refractivity contribution in [2.75, 3.05) is 11.9 Å². The molecule has 7 heteroatoms. The number of aliphatic carboxylic acids is 1. The molecule has 0 aliphatic carbocycles. The SMILES string of the molecule is Cc1noc2ncnc(NCCC(C)CCC(=O)O)c12. The smallest absolute Gasteiger partial charge is 0.303 e. The van der Waals surface area contributed by atoms with E-state index in [9.17, 15) is 4.79 Å². The molecule has 2 heterocycles. The van der Waals surface area contributed by atoms with E-state index >= 15 is 0 Å². The summed E-state index contributed by atoms with van der Waals surface area (Å²) in [6, 6.07) is 0. The lowest BCUT2D eigenvalue weighted by Gasteiger charge is -2.11. The molecule has 0 radical (unpaired) electrons. The highest BCUT2D eigenvalue weighted by atomic mass is 16.5. The van der Waals surface area contributed by atoms with Crippen LogP contribution in [0.4, 0.5) is 5.82 Å². The molecule has 20 heavy (non-hydrogen) atoms. The number of hydrogen-bond acceptors (Lipinski definition) is 6. The van der Waals surface area contributed by atoms with E-state index < -0.39 is 5.97 Å². The number of carboxylic acid groups (broad SMARTS) is 1. The molecule has 0 fully saturated rings. The lowest BCUT2D eigenvalue weighted by Crippen LogP contribution is -2.09. The summed E-state index contributed by atoms with van der Waals surface area (Å²) >= 11 is 0. The van der Waals surface area contributed by atoms with Crippen LogP contribution in [-0.2, 0) is 4.79 Å². The first kappa shape index (κ1) is 14.2. The number of fused-ring (bicyclic) bond motifs is 1. The minimum atomic E-state index is -0.748. The van der Waals surface area contributed by atoms with Gasteiger partial charge in [0.15, 0.2) is 0 Å². The summed E-state index contributed by atoms with van der Waals surface area (Å²) in [4.78, 5) is 18.7. The molecule has 0 saturated carbocycles. The van der Waals surface area contributed by atoms with Crippen molar-refractivity contribution in [3.8, 4) is 0 Å². The van der Waals surface area contributed by atoms with Crippen molar-refractivity contribution >= 4 is 22.9 Å². The lowest BCUT2D eigenvalue weighted by molar-refractivity contribution is -0.137. The maximum Gasteiger partial charge on any atom is 0.303 e. The average molecular weight is 278 g/mol. The summed E-state index contributed by atoms with van der Waals surface area (Å²) in [6.07, 6.45) is 3.21. The summed E-state index contributed by atoms with van der Waals surface area (Å²) in [5.74, 6) is 0.307. The molecule has 7 nitrogen and oxygen atoms in total. The van der Waals surface area contributed by atoms with Gasteiger partial charge in [0.05, 0.1) is 5.69 Å². The predicted octanol–water partition coefficient (Wildman–Crippen LogP) is 2.23. The second-order valence-corrected chi connectivity index (χ2v) is 4.92. The van der Waals surface area contributed by atoms with Gasteiger partial charge in [0.2, 0.25) is 0 Å². The maximum absolute atomic E-state index is 10.5. The largest absolute Gasteiger partial charge is 0.481 e. The summed E-state index contributed by atoms with van der Waals surface area (Å²) in [7, 11) is 0. The van der Waals surface area contributed by atoms with Gasteiger partial charge in [-0.05, 0) is 25.7 Å². The first-order valence-corrected chi connectivity index (χ1v) is 6.60. The number of hydrogen-bond donors (Lipinski definition) is 2. The Morgan fingerprint density at radius 1 is 1.45 bits per heavy atom. The summed E-state index contributed by atoms with van der Waals surface area (Å²) in [5, 5.41) is 16.5. The highest BCUT2D eigenvalue weighted by molar-refractivity contribution is 5.87. The number of aryl methyl sites for hydroxylation is 1. The van der Waals surface area contributed by atoms with E-state index in [1.807, 2.05) is 13.8 Å². The number of nitrogens with one attached hydrogen (secondary N) is 1. The molecule has 0 aliphatic heterocycles. The Morgan fingerprint density at radius 2 is 2.25 bits per heavy atom. The normalized spacial score (nSPS) is 12.5. The molecular formula is C13H18N4O3. The molecule has 0 bridgehead atoms. The number of anilines is 1. The Morgan fingerprint density at radius 3 is 3.00 bits per heavy atom. The third-order valence-electron chi connectivity index (χ3n) is 3.22. The van der Waals surface area contributed by atoms with Crippen LogP contribution in [0.1, 0.15) is 31.9 Å². The number of carboxylic acids is 1. The van der Waals surface area contributed by atoms with Crippen molar-refractivity contribution in [2.24, 2.45) is 5.92 Å². The van der Waals surface area contributed by atoms with E-state index in [1.165, 1.54) is 6.33 Å². The van der Waals surface area contributed by atoms with Gasteiger partial charge in [0, 0.05) is 13.0 Å². The molecule has 1 atom stereocenters. The van der Waals surface area contributed by atoms with Gasteiger partial charge in [-0.3, -0.25) is 4.79 Å². The molecule has 0 saturated heterocycles. The zero-order valence-corrected chi connectivity index (χ0v) is 11.6. The van der Waals surface area contributed by atoms with E-state index in [2.05, 4.69) is 20.4 Å². The van der Waals surface area contributed by atoms with E-state index in [4.69, 9.17) is 9.63 Å². The molecule has 2 N–H and O–H groups in total. The maximum atomic E-state index is 10.5. The molecule has 0 spiro atoms. The summed E-state index contributed by atoms with van der Waals surface area (Å²) in [6.45, 7) is 4.61. The molecule has 0 amide bonds. The molecule has 2 rings (SSSR count). The van der Waals surface area contributed by atoms with Crippen LogP contribution < -0.4 is 5.32 Å². The van der Waals surface area contributed by atoms with Crippen LogP contribution >= 0.6 is 0 Å². The van der Waals surface area contributed by atoms with Crippen LogP contribution in [0.5, 0.6) is 0 Å². The fourth-order valence-electron chi connectivity index (χ4n) is 2.01. The molecule has 2 aromatic heterocycles. The number of nitrogens with zero attached hydrogens (tertiary/aromatic N) is 3. The molecule has 1 unspecified atom stereocenters. The zero-order valence-electron chi connectivity index (χ0n) is 11.6. The lowest BCUT2D eigenvalue weighted by atomic mass is 10.0. The van der Waals surface area contributed by atoms with Crippen LogP contribution in [0, 0.1) is 12.8 Å². The van der Waals surface area contributed by atoms with Crippen LogP contribution in [0.25, 0.3) is 11.1 Å². The Hall–Kier alpha value is -2.18. The van der Waals surface area contributed by atoms with Gasteiger partial charge >= 0.3 is 5.97 Å². The quantitative estimate of drug-likeness (QED) is 0.800. The standard InChI is InChI=1S/C13H18N4O3/c1-8(3-4-10(18)19)5-6-14-12-11-9(2)17-20-13(11)16-7-15-12/h7-8H,3-6H2,1-2H3,(H,18,19)(H,14,15,16). The Balaban J connectivity index is 1.90. The van der Waals surface area contributed by atoms with E-state index in [-0.39, 0.29) is 6.42 Å². The third kappa shape index (κ3) is 3.43. The topological polar surface area (TPSA) is 101 Å². The molecule has 2 aromatic rings. The predicted molar refractivity (Wildman–Crippen MR) is 73.5 cm³/mol. The minimum Gasteiger partial charge on any atom is -0.481 e. The van der Waals surface area contributed by atoms with Gasteiger partial charge < -0.3 is 14.9 Å². The summed E-state index contributed by atoms with van der Waals surface area (Å²) < 4.78 is 5.08. The van der Waals surface area contributed by atoms with Crippen molar-refractivity contribution in [1.82, 2.24) is 15.1 Å². The van der Waals surface area contributed by atoms with Gasteiger partial charge in [0.1, 0.15) is 17.5 Å². The van der Waals surface area contributed by atoms with E-state index in [1.54, 1.807) is 0 Å². The molecule has 108 valence electrons. The van der Waals surface area contributed by atoms with Crippen molar-refractivity contribution in [3.05, 3.63) is 12.0 Å². The van der Waals surface area contributed by atoms with Crippen LogP contribution in [-0.4, -0.2) is 32.7 Å². The highest BCUT2D eigenvalue weighted by Crippen LogP contribution is 2.22. The monoisotopic (exact) mass is 278 g/mol. The van der Waals surface area contributed by atoms with Gasteiger partial charge in [-0.2, -0.15) is 4.98 Å². The van der Waals surface area contributed by atoms with Crippen LogP contribution in [0.3, 0.4) is 0 Å². The number of aromatic nitrogens is 3. The van der Waals surface area contributed by atoms with Crippen molar-refractivity contribution < 1.29 is 14.4 Å². The minimum absolute atomic E-state index is 0.212. The second-order valence-electron chi connectivity index (χ2n) is 4.92. The molecular weight excluding hydrogens is 260 g/mol. The first-order chi connectivity index (χ1) is 9.58.